The van der Waals surface area contributed by atoms with E-state index in [1.165, 1.54) is 11.1 Å². The number of likely N-dealkylation sites (N-methyl/N-ethyl adjacent to an activating group) is 1. The first-order valence-electron chi connectivity index (χ1n) is 6.40. The first kappa shape index (κ1) is 17.9. The molecule has 1 nitrogen and oxygen atoms in total. The number of hydrogen-bond acceptors (Lipinski definition) is 1. The van der Waals surface area contributed by atoms with Gasteiger partial charge in [-0.15, -0.1) is 23.3 Å². The van der Waals surface area contributed by atoms with E-state index >= 15 is 0 Å². The summed E-state index contributed by atoms with van der Waals surface area (Å²) in [6.45, 7) is 6.34. The predicted octanol–water partition coefficient (Wildman–Crippen LogP) is 4.16. The number of hydrogen-bond donors (Lipinski definition) is 0. The van der Waals surface area contributed by atoms with Crippen molar-refractivity contribution in [3.63, 3.8) is 0 Å². The Morgan fingerprint density at radius 1 is 1.11 bits per heavy atom. The van der Waals surface area contributed by atoms with Crippen LogP contribution in [0.2, 0.25) is 0 Å². The van der Waals surface area contributed by atoms with Gasteiger partial charge in [0.05, 0.1) is 0 Å². The van der Waals surface area contributed by atoms with E-state index in [2.05, 4.69) is 56.8 Å². The summed E-state index contributed by atoms with van der Waals surface area (Å²) in [6, 6.07) is 18.8. The van der Waals surface area contributed by atoms with Crippen molar-refractivity contribution in [2.24, 2.45) is 0 Å². The van der Waals surface area contributed by atoms with Crippen LogP contribution in [0.1, 0.15) is 18.9 Å². The molecule has 0 saturated carbocycles. The van der Waals surface area contributed by atoms with Gasteiger partial charge in [0.15, 0.2) is 0 Å². The maximum atomic E-state index is 4.15. The maximum absolute atomic E-state index is 4.15. The zero-order valence-corrected chi connectivity index (χ0v) is 13.1. The second-order valence-electron chi connectivity index (χ2n) is 4.55. The standard InChI is InChI=1S/C12H18N.C5H5.Fe/c1-5-12(13(3)4)10(2)11-8-6-7-9-11;1-2-4-5-3-1;/h6-9,12H,2,5H2,1,3-4H3;1-5H;/q-1;-5;. The average Bonchev–Trinajstić information content (AvgIpc) is 3.06. The van der Waals surface area contributed by atoms with Crippen LogP contribution >= 0.6 is 0 Å². The molecule has 0 N–H and O–H groups in total. The van der Waals surface area contributed by atoms with E-state index in [4.69, 9.17) is 0 Å². The van der Waals surface area contributed by atoms with Crippen LogP contribution < -0.4 is 0 Å². The zero-order chi connectivity index (χ0) is 13.4. The largest absolute Gasteiger partial charge is 0.748 e. The second kappa shape index (κ2) is 9.80. The smallest absolute Gasteiger partial charge is 0.0171 e. The normalized spacial score (nSPS) is 11.2. The van der Waals surface area contributed by atoms with Crippen molar-refractivity contribution in [2.45, 2.75) is 19.4 Å². The number of rotatable bonds is 4. The molecule has 2 aromatic rings. The molecule has 2 aromatic carbocycles. The van der Waals surface area contributed by atoms with Crippen LogP contribution in [0.3, 0.4) is 0 Å². The third-order valence-corrected chi connectivity index (χ3v) is 3.00. The average molecular weight is 297 g/mol. The van der Waals surface area contributed by atoms with E-state index < -0.39 is 0 Å². The SMILES string of the molecule is C=C([c-]1cccc1)C(CC)N(C)C.[Fe].[cH-]1[cH-][cH-][cH-][cH-]1. The Bertz CT molecular complexity index is 395. The van der Waals surface area contributed by atoms with Gasteiger partial charge < -0.3 is 35.2 Å². The summed E-state index contributed by atoms with van der Waals surface area (Å²) in [4.78, 5) is 2.22. The van der Waals surface area contributed by atoms with E-state index in [0.29, 0.717) is 6.04 Å². The third-order valence-electron chi connectivity index (χ3n) is 3.00. The fourth-order valence-corrected chi connectivity index (χ4v) is 2.02. The molecule has 0 bridgehead atoms. The molecule has 0 radical (unpaired) electrons. The fourth-order valence-electron chi connectivity index (χ4n) is 2.02. The van der Waals surface area contributed by atoms with Crippen molar-refractivity contribution in [1.29, 1.82) is 0 Å². The topological polar surface area (TPSA) is 3.24 Å². The van der Waals surface area contributed by atoms with Gasteiger partial charge in [0.25, 0.3) is 0 Å². The summed E-state index contributed by atoms with van der Waals surface area (Å²) >= 11 is 0. The molecule has 0 aliphatic heterocycles. The molecule has 1 unspecified atom stereocenters. The van der Waals surface area contributed by atoms with Crippen LogP contribution in [-0.4, -0.2) is 25.0 Å². The summed E-state index contributed by atoms with van der Waals surface area (Å²) in [5.74, 6) is 0. The Kier molecular flexibility index (Phi) is 9.24. The molecular formula is C17H23FeN-6. The van der Waals surface area contributed by atoms with E-state index in [0.717, 1.165) is 6.42 Å². The van der Waals surface area contributed by atoms with Gasteiger partial charge in [-0.1, -0.05) is 6.92 Å². The van der Waals surface area contributed by atoms with Crippen molar-refractivity contribution in [3.05, 3.63) is 66.7 Å². The van der Waals surface area contributed by atoms with Crippen molar-refractivity contribution in [3.8, 4) is 0 Å². The first-order chi connectivity index (χ1) is 8.66. The Labute approximate surface area is 128 Å². The third kappa shape index (κ3) is 6.06. The Balaban J connectivity index is 0.000000454. The summed E-state index contributed by atoms with van der Waals surface area (Å²) in [5.41, 5.74) is 2.48. The first-order valence-corrected chi connectivity index (χ1v) is 6.40. The van der Waals surface area contributed by atoms with Crippen molar-refractivity contribution in [1.82, 2.24) is 4.90 Å². The molecule has 0 aliphatic rings. The summed E-state index contributed by atoms with van der Waals surface area (Å²) < 4.78 is 0. The summed E-state index contributed by atoms with van der Waals surface area (Å²) in [5, 5.41) is 0. The van der Waals surface area contributed by atoms with Gasteiger partial charge in [-0.2, -0.15) is 18.7 Å². The van der Waals surface area contributed by atoms with Crippen LogP contribution in [0.15, 0.2) is 61.2 Å². The minimum atomic E-state index is 0. The summed E-state index contributed by atoms with van der Waals surface area (Å²) in [6.07, 6.45) is 1.11. The van der Waals surface area contributed by atoms with E-state index in [9.17, 15) is 0 Å². The molecule has 19 heavy (non-hydrogen) atoms. The second-order valence-corrected chi connectivity index (χ2v) is 4.55. The molecule has 0 aromatic heterocycles. The molecular weight excluding hydrogens is 274 g/mol. The predicted molar refractivity (Wildman–Crippen MR) is 80.9 cm³/mol. The van der Waals surface area contributed by atoms with Crippen molar-refractivity contribution >= 4 is 5.57 Å². The molecule has 0 heterocycles. The van der Waals surface area contributed by atoms with Crippen LogP contribution in [0.25, 0.3) is 5.57 Å². The van der Waals surface area contributed by atoms with Crippen LogP contribution in [0.5, 0.6) is 0 Å². The molecule has 1 atom stereocenters. The number of nitrogens with zero attached hydrogens (tertiary/aromatic N) is 1. The van der Waals surface area contributed by atoms with Gasteiger partial charge in [-0.05, 0) is 20.5 Å². The molecule has 2 heteroatoms. The maximum Gasteiger partial charge on any atom is 0.0171 e. The molecule has 0 spiro atoms. The quantitative estimate of drug-likeness (QED) is 0.605. The van der Waals surface area contributed by atoms with Crippen LogP contribution in [0.4, 0.5) is 0 Å². The van der Waals surface area contributed by atoms with Crippen LogP contribution in [-0.2, 0) is 17.1 Å². The Morgan fingerprint density at radius 3 is 1.84 bits per heavy atom. The van der Waals surface area contributed by atoms with E-state index in [1.54, 1.807) is 0 Å². The Morgan fingerprint density at radius 2 is 1.53 bits per heavy atom. The minimum Gasteiger partial charge on any atom is -0.748 e. The molecule has 0 saturated heterocycles. The molecule has 0 aliphatic carbocycles. The van der Waals surface area contributed by atoms with Crippen LogP contribution in [0, 0.1) is 0 Å². The molecule has 2 rings (SSSR count). The monoisotopic (exact) mass is 297 g/mol. The molecule has 110 valence electrons. The fraction of sp³-hybridized carbons (Fsp3) is 0.294. The van der Waals surface area contributed by atoms with E-state index in [1.807, 2.05) is 30.3 Å². The zero-order valence-electron chi connectivity index (χ0n) is 12.0. The minimum absolute atomic E-state index is 0. The van der Waals surface area contributed by atoms with Gasteiger partial charge in [0, 0.05) is 23.1 Å². The Hall–Kier alpha value is -1.08. The molecule has 0 amide bonds. The van der Waals surface area contributed by atoms with Gasteiger partial charge >= 0.3 is 0 Å². The van der Waals surface area contributed by atoms with E-state index in [-0.39, 0.29) is 17.1 Å². The van der Waals surface area contributed by atoms with Gasteiger partial charge in [-0.25, -0.2) is 0 Å². The van der Waals surface area contributed by atoms with Gasteiger partial charge in [0.2, 0.25) is 0 Å². The summed E-state index contributed by atoms with van der Waals surface area (Å²) in [7, 11) is 4.20. The van der Waals surface area contributed by atoms with Crippen molar-refractivity contribution in [2.75, 3.05) is 14.1 Å². The molecule has 0 fully saturated rings. The van der Waals surface area contributed by atoms with Gasteiger partial charge in [-0.3, -0.25) is 0 Å². The van der Waals surface area contributed by atoms with Crippen molar-refractivity contribution < 1.29 is 17.1 Å². The van der Waals surface area contributed by atoms with Gasteiger partial charge in [0.1, 0.15) is 0 Å².